The number of carboxylic acids is 1. The summed E-state index contributed by atoms with van der Waals surface area (Å²) in [5, 5.41) is 16.2. The molecule has 1 N–H and O–H groups in total. The minimum Gasteiger partial charge on any atom is -0.476 e. The number of hydrogen-bond donors (Lipinski definition) is 1. The van der Waals surface area contributed by atoms with Gasteiger partial charge in [-0.05, 0) is 18.8 Å². The van der Waals surface area contributed by atoms with Crippen LogP contribution < -0.4 is 0 Å². The minimum absolute atomic E-state index is 0.115. The van der Waals surface area contributed by atoms with Gasteiger partial charge in [0.1, 0.15) is 0 Å². The van der Waals surface area contributed by atoms with Crippen molar-refractivity contribution in [2.45, 2.75) is 19.4 Å². The van der Waals surface area contributed by atoms with E-state index in [1.807, 2.05) is 0 Å². The molecule has 0 bridgehead atoms. The number of nitrogens with zero attached hydrogens (tertiary/aromatic N) is 4. The van der Waals surface area contributed by atoms with Crippen molar-refractivity contribution >= 4 is 11.9 Å². The van der Waals surface area contributed by atoms with E-state index in [1.54, 1.807) is 4.90 Å². The Morgan fingerprint density at radius 1 is 1.41 bits per heavy atom. The van der Waals surface area contributed by atoms with E-state index >= 15 is 0 Å². The van der Waals surface area contributed by atoms with Crippen LogP contribution in [0.25, 0.3) is 0 Å². The second-order valence-electron chi connectivity index (χ2n) is 4.51. The van der Waals surface area contributed by atoms with Crippen LogP contribution in [0.15, 0.2) is 0 Å². The molecule has 0 saturated heterocycles. The van der Waals surface area contributed by atoms with Crippen LogP contribution >= 0.6 is 0 Å². The monoisotopic (exact) mass is 236 g/mol. The first-order chi connectivity index (χ1) is 8.16. The summed E-state index contributed by atoms with van der Waals surface area (Å²) in [5.41, 5.74) is -0.125. The third-order valence-electron chi connectivity index (χ3n) is 3.18. The molecule has 0 spiro atoms. The van der Waals surface area contributed by atoms with Gasteiger partial charge in [-0.15, -0.1) is 5.10 Å². The van der Waals surface area contributed by atoms with Gasteiger partial charge in [0.2, 0.25) is 5.69 Å². The molecule has 7 heteroatoms. The zero-order valence-corrected chi connectivity index (χ0v) is 9.17. The van der Waals surface area contributed by atoms with E-state index < -0.39 is 5.97 Å². The van der Waals surface area contributed by atoms with Crippen LogP contribution in [-0.2, 0) is 6.54 Å². The van der Waals surface area contributed by atoms with Gasteiger partial charge in [-0.25, -0.2) is 9.48 Å². The lowest BCUT2D eigenvalue weighted by Crippen LogP contribution is -2.42. The zero-order valence-electron chi connectivity index (χ0n) is 9.17. The molecule has 1 fully saturated rings. The molecule has 7 nitrogen and oxygen atoms in total. The Labute approximate surface area is 97.0 Å². The van der Waals surface area contributed by atoms with Crippen LogP contribution in [-0.4, -0.2) is 50.0 Å². The molecule has 2 heterocycles. The van der Waals surface area contributed by atoms with Crippen LogP contribution in [0.1, 0.15) is 33.8 Å². The molecule has 90 valence electrons. The first-order valence-corrected chi connectivity index (χ1v) is 5.63. The average Bonchev–Trinajstić information content (AvgIpc) is 2.98. The lowest BCUT2D eigenvalue weighted by Gasteiger charge is -2.27. The van der Waals surface area contributed by atoms with Crippen molar-refractivity contribution in [1.29, 1.82) is 0 Å². The minimum atomic E-state index is -1.20. The Balaban J connectivity index is 1.91. The van der Waals surface area contributed by atoms with Gasteiger partial charge in [0.25, 0.3) is 5.91 Å². The second kappa shape index (κ2) is 3.54. The fourth-order valence-corrected chi connectivity index (χ4v) is 2.08. The Hall–Kier alpha value is -1.92. The number of carboxylic acid groups (broad SMARTS) is 1. The third-order valence-corrected chi connectivity index (χ3v) is 3.18. The topological polar surface area (TPSA) is 88.3 Å². The number of aromatic nitrogens is 3. The van der Waals surface area contributed by atoms with Gasteiger partial charge in [-0.2, -0.15) is 0 Å². The van der Waals surface area contributed by atoms with Crippen molar-refractivity contribution < 1.29 is 14.7 Å². The fraction of sp³-hybridized carbons (Fsp3) is 0.600. The van der Waals surface area contributed by atoms with Gasteiger partial charge in [0, 0.05) is 13.1 Å². The number of carbonyl (C=O) groups is 2. The largest absolute Gasteiger partial charge is 0.476 e. The van der Waals surface area contributed by atoms with Gasteiger partial charge in [0.15, 0.2) is 5.69 Å². The lowest BCUT2D eigenvalue weighted by atomic mass is 10.2. The highest BCUT2D eigenvalue weighted by atomic mass is 16.4. The summed E-state index contributed by atoms with van der Waals surface area (Å²) < 4.78 is 1.38. The molecule has 0 aromatic carbocycles. The highest BCUT2D eigenvalue weighted by molar-refractivity contribution is 6.02. The number of fused-ring (bicyclic) bond motifs is 1. The number of rotatable bonds is 3. The van der Waals surface area contributed by atoms with Gasteiger partial charge >= 0.3 is 5.97 Å². The van der Waals surface area contributed by atoms with Crippen molar-refractivity contribution in [3.63, 3.8) is 0 Å². The SMILES string of the molecule is O=C(O)c1nnn2c1C(=O)N(CC1CC1)CC2. The maximum Gasteiger partial charge on any atom is 0.358 e. The molecule has 1 amide bonds. The van der Waals surface area contributed by atoms with E-state index in [0.29, 0.717) is 19.0 Å². The van der Waals surface area contributed by atoms with Crippen LogP contribution in [0.2, 0.25) is 0 Å². The first-order valence-electron chi connectivity index (χ1n) is 5.63. The van der Waals surface area contributed by atoms with Crippen LogP contribution in [0, 0.1) is 5.92 Å². The standard InChI is InChI=1S/C10H12N4O3/c15-9-8-7(10(16)17)11-12-14(8)4-3-13(9)5-6-1-2-6/h6H,1-5H2,(H,16,17). The van der Waals surface area contributed by atoms with Crippen LogP contribution in [0.3, 0.4) is 0 Å². The van der Waals surface area contributed by atoms with Crippen molar-refractivity contribution in [1.82, 2.24) is 19.9 Å². The number of amides is 1. The molecule has 1 aromatic heterocycles. The Morgan fingerprint density at radius 2 is 2.18 bits per heavy atom. The molecular weight excluding hydrogens is 224 g/mol. The highest BCUT2D eigenvalue weighted by Crippen LogP contribution is 2.30. The molecule has 0 atom stereocenters. The Morgan fingerprint density at radius 3 is 2.82 bits per heavy atom. The van der Waals surface area contributed by atoms with Crippen LogP contribution in [0.5, 0.6) is 0 Å². The average molecular weight is 236 g/mol. The van der Waals surface area contributed by atoms with Gasteiger partial charge < -0.3 is 10.0 Å². The van der Waals surface area contributed by atoms with Gasteiger partial charge in [-0.3, -0.25) is 4.79 Å². The molecule has 1 aliphatic heterocycles. The summed E-state index contributed by atoms with van der Waals surface area (Å²) in [6, 6.07) is 0. The number of carbonyl (C=O) groups excluding carboxylic acids is 1. The quantitative estimate of drug-likeness (QED) is 0.787. The lowest BCUT2D eigenvalue weighted by molar-refractivity contribution is 0.0644. The van der Waals surface area contributed by atoms with E-state index in [1.165, 1.54) is 4.68 Å². The summed E-state index contributed by atoms with van der Waals surface area (Å²) in [5.74, 6) is -0.868. The number of aromatic carboxylic acids is 1. The third kappa shape index (κ3) is 1.67. The molecule has 1 aliphatic carbocycles. The molecule has 2 aliphatic rings. The predicted octanol–water partition coefficient (Wildman–Crippen LogP) is -0.158. The van der Waals surface area contributed by atoms with E-state index in [2.05, 4.69) is 10.3 Å². The summed E-state index contributed by atoms with van der Waals surface area (Å²) in [7, 11) is 0. The molecule has 0 radical (unpaired) electrons. The highest BCUT2D eigenvalue weighted by Gasteiger charge is 2.35. The smallest absolute Gasteiger partial charge is 0.358 e. The summed E-state index contributed by atoms with van der Waals surface area (Å²) in [6.07, 6.45) is 2.32. The van der Waals surface area contributed by atoms with Crippen molar-refractivity contribution in [2.24, 2.45) is 5.92 Å². The molecule has 3 rings (SSSR count). The fourth-order valence-electron chi connectivity index (χ4n) is 2.08. The summed E-state index contributed by atoms with van der Waals surface area (Å²) in [4.78, 5) is 24.8. The van der Waals surface area contributed by atoms with E-state index in [-0.39, 0.29) is 17.3 Å². The molecule has 1 saturated carbocycles. The number of hydrogen-bond acceptors (Lipinski definition) is 4. The Kier molecular flexibility index (Phi) is 2.13. The molecule has 17 heavy (non-hydrogen) atoms. The van der Waals surface area contributed by atoms with Crippen molar-refractivity contribution in [3.05, 3.63) is 11.4 Å². The van der Waals surface area contributed by atoms with Crippen molar-refractivity contribution in [2.75, 3.05) is 13.1 Å². The first kappa shape index (κ1) is 10.2. The maximum atomic E-state index is 12.1. The van der Waals surface area contributed by atoms with Gasteiger partial charge in [0.05, 0.1) is 6.54 Å². The molecule has 1 aromatic rings. The van der Waals surface area contributed by atoms with E-state index in [0.717, 1.165) is 19.4 Å². The molecular formula is C10H12N4O3. The second-order valence-corrected chi connectivity index (χ2v) is 4.51. The maximum absolute atomic E-state index is 12.1. The van der Waals surface area contributed by atoms with Gasteiger partial charge in [-0.1, -0.05) is 5.21 Å². The molecule has 0 unspecified atom stereocenters. The van der Waals surface area contributed by atoms with Crippen molar-refractivity contribution in [3.8, 4) is 0 Å². The normalized spacial score (nSPS) is 19.3. The summed E-state index contributed by atoms with van der Waals surface area (Å²) in [6.45, 7) is 1.84. The Bertz CT molecular complexity index is 492. The zero-order chi connectivity index (χ0) is 12.0. The summed E-state index contributed by atoms with van der Waals surface area (Å²) >= 11 is 0. The van der Waals surface area contributed by atoms with Crippen LogP contribution in [0.4, 0.5) is 0 Å². The van der Waals surface area contributed by atoms with E-state index in [4.69, 9.17) is 5.11 Å². The van der Waals surface area contributed by atoms with E-state index in [9.17, 15) is 9.59 Å². The predicted molar refractivity (Wildman–Crippen MR) is 55.6 cm³/mol.